The van der Waals surface area contributed by atoms with Crippen LogP contribution in [0.15, 0.2) is 39.0 Å². The van der Waals surface area contributed by atoms with Gasteiger partial charge in [0.1, 0.15) is 4.90 Å². The van der Waals surface area contributed by atoms with Crippen molar-refractivity contribution in [3.05, 3.63) is 49.1 Å². The molecule has 0 unspecified atom stereocenters. The second-order valence-corrected chi connectivity index (χ2v) is 7.59. The molecule has 3 N–H and O–H groups in total. The summed E-state index contributed by atoms with van der Waals surface area (Å²) in [6, 6.07) is 5.06. The first kappa shape index (κ1) is 15.9. The fourth-order valence-electron chi connectivity index (χ4n) is 1.58. The molecule has 1 heterocycles. The number of anilines is 1. The number of rotatable bonds is 5. The lowest BCUT2D eigenvalue weighted by Crippen LogP contribution is -2.24. The summed E-state index contributed by atoms with van der Waals surface area (Å²) in [5, 5.41) is 12.4. The number of nitro benzene ring substituents is 1. The van der Waals surface area contributed by atoms with Crippen LogP contribution in [-0.4, -0.2) is 13.3 Å². The Morgan fingerprint density at radius 1 is 1.38 bits per heavy atom. The number of halogens is 1. The summed E-state index contributed by atoms with van der Waals surface area (Å²) >= 11 is 4.71. The number of nitrogens with two attached hydrogens (primary N) is 1. The molecule has 0 spiro atoms. The van der Waals surface area contributed by atoms with E-state index in [2.05, 4.69) is 20.7 Å². The number of nitrogen functional groups attached to an aromatic ring is 1. The van der Waals surface area contributed by atoms with Crippen LogP contribution in [0.2, 0.25) is 0 Å². The molecule has 1 aromatic heterocycles. The van der Waals surface area contributed by atoms with Crippen molar-refractivity contribution in [1.29, 1.82) is 0 Å². The number of hydrogen-bond acceptors (Lipinski definition) is 6. The summed E-state index contributed by atoms with van der Waals surface area (Å²) < 4.78 is 27.6. The fourth-order valence-corrected chi connectivity index (χ4v) is 4.21. The highest BCUT2D eigenvalue weighted by atomic mass is 79.9. The average Bonchev–Trinajstić information content (AvgIpc) is 2.81. The van der Waals surface area contributed by atoms with E-state index in [-0.39, 0.29) is 22.8 Å². The van der Waals surface area contributed by atoms with Crippen molar-refractivity contribution in [2.45, 2.75) is 11.4 Å². The second-order valence-electron chi connectivity index (χ2n) is 4.00. The molecule has 1 aromatic carbocycles. The van der Waals surface area contributed by atoms with Crippen molar-refractivity contribution < 1.29 is 13.3 Å². The standard InChI is InChI=1S/C11H10BrN3O4S2/c12-8-3-4-20-10(8)6-14-21(18,19)11-2-1-7(15(16)17)5-9(11)13/h1-5,14H,6,13H2. The fraction of sp³-hybridized carbons (Fsp3) is 0.0909. The first-order chi connectivity index (χ1) is 9.81. The van der Waals surface area contributed by atoms with Crippen molar-refractivity contribution in [3.63, 3.8) is 0 Å². The number of nitrogens with one attached hydrogen (secondary N) is 1. The quantitative estimate of drug-likeness (QED) is 0.461. The van der Waals surface area contributed by atoms with Gasteiger partial charge in [-0.15, -0.1) is 11.3 Å². The normalized spacial score (nSPS) is 11.5. The third kappa shape index (κ3) is 3.59. The molecule has 0 bridgehead atoms. The number of sulfonamides is 1. The van der Waals surface area contributed by atoms with E-state index in [1.165, 1.54) is 11.3 Å². The van der Waals surface area contributed by atoms with E-state index >= 15 is 0 Å². The van der Waals surface area contributed by atoms with Crippen molar-refractivity contribution in [1.82, 2.24) is 4.72 Å². The molecule has 2 rings (SSSR count). The Morgan fingerprint density at radius 3 is 2.62 bits per heavy atom. The van der Waals surface area contributed by atoms with Crippen LogP contribution in [0.4, 0.5) is 11.4 Å². The van der Waals surface area contributed by atoms with E-state index in [1.54, 1.807) is 0 Å². The molecule has 0 atom stereocenters. The van der Waals surface area contributed by atoms with E-state index < -0.39 is 14.9 Å². The minimum Gasteiger partial charge on any atom is -0.397 e. The summed E-state index contributed by atoms with van der Waals surface area (Å²) in [7, 11) is -3.84. The van der Waals surface area contributed by atoms with Gasteiger partial charge in [0.15, 0.2) is 0 Å². The third-order valence-electron chi connectivity index (χ3n) is 2.61. The summed E-state index contributed by atoms with van der Waals surface area (Å²) in [4.78, 5) is 10.6. The lowest BCUT2D eigenvalue weighted by Gasteiger charge is -2.08. The lowest BCUT2D eigenvalue weighted by atomic mass is 10.3. The zero-order valence-electron chi connectivity index (χ0n) is 10.4. The summed E-state index contributed by atoms with van der Waals surface area (Å²) in [6.07, 6.45) is 0. The van der Waals surface area contributed by atoms with Crippen LogP contribution in [0.1, 0.15) is 4.88 Å². The maximum Gasteiger partial charge on any atom is 0.271 e. The van der Waals surface area contributed by atoms with Gasteiger partial charge in [0.2, 0.25) is 10.0 Å². The lowest BCUT2D eigenvalue weighted by molar-refractivity contribution is -0.384. The highest BCUT2D eigenvalue weighted by Crippen LogP contribution is 2.25. The van der Waals surface area contributed by atoms with Gasteiger partial charge in [-0.1, -0.05) is 0 Å². The van der Waals surface area contributed by atoms with E-state index in [0.29, 0.717) is 0 Å². The molecule has 0 fully saturated rings. The molecule has 0 saturated carbocycles. The molecule has 0 aliphatic heterocycles. The molecule has 7 nitrogen and oxygen atoms in total. The third-order valence-corrected chi connectivity index (χ3v) is 6.01. The zero-order chi connectivity index (χ0) is 15.6. The predicted molar refractivity (Wildman–Crippen MR) is 83.6 cm³/mol. The van der Waals surface area contributed by atoms with Gasteiger partial charge in [-0.05, 0) is 33.4 Å². The number of thiophene rings is 1. The number of non-ortho nitro benzene ring substituents is 1. The molecular formula is C11H10BrN3O4S2. The van der Waals surface area contributed by atoms with Gasteiger partial charge >= 0.3 is 0 Å². The van der Waals surface area contributed by atoms with Gasteiger partial charge in [0.25, 0.3) is 5.69 Å². The van der Waals surface area contributed by atoms with E-state index in [1.807, 2.05) is 11.4 Å². The van der Waals surface area contributed by atoms with Crippen LogP contribution in [-0.2, 0) is 16.6 Å². The molecule has 2 aromatic rings. The zero-order valence-corrected chi connectivity index (χ0v) is 13.7. The average molecular weight is 392 g/mol. The van der Waals surface area contributed by atoms with Crippen LogP contribution >= 0.6 is 27.3 Å². The SMILES string of the molecule is Nc1cc([N+](=O)[O-])ccc1S(=O)(=O)NCc1sccc1Br. The molecule has 0 amide bonds. The van der Waals surface area contributed by atoms with Gasteiger partial charge < -0.3 is 5.73 Å². The van der Waals surface area contributed by atoms with E-state index in [4.69, 9.17) is 5.73 Å². The minimum atomic E-state index is -3.84. The molecule has 112 valence electrons. The molecular weight excluding hydrogens is 382 g/mol. The summed E-state index contributed by atoms with van der Waals surface area (Å²) in [5.74, 6) is 0. The molecule has 10 heteroatoms. The highest BCUT2D eigenvalue weighted by Gasteiger charge is 2.20. The first-order valence-electron chi connectivity index (χ1n) is 5.56. The van der Waals surface area contributed by atoms with Crippen molar-refractivity contribution >= 4 is 48.7 Å². The van der Waals surface area contributed by atoms with Gasteiger partial charge in [-0.3, -0.25) is 10.1 Å². The maximum absolute atomic E-state index is 12.2. The van der Waals surface area contributed by atoms with Gasteiger partial charge in [0.05, 0.1) is 10.6 Å². The highest BCUT2D eigenvalue weighted by molar-refractivity contribution is 9.10. The Kier molecular flexibility index (Phi) is 4.61. The van der Waals surface area contributed by atoms with Crippen LogP contribution in [0.5, 0.6) is 0 Å². The Morgan fingerprint density at radius 2 is 2.10 bits per heavy atom. The Balaban J connectivity index is 2.23. The molecule has 0 radical (unpaired) electrons. The molecule has 21 heavy (non-hydrogen) atoms. The minimum absolute atomic E-state index is 0.108. The Bertz CT molecular complexity index is 789. The maximum atomic E-state index is 12.2. The molecule has 0 aliphatic rings. The Hall–Kier alpha value is -1.49. The molecule has 0 aliphatic carbocycles. The van der Waals surface area contributed by atoms with Gasteiger partial charge in [-0.2, -0.15) is 0 Å². The smallest absolute Gasteiger partial charge is 0.271 e. The van der Waals surface area contributed by atoms with Crippen molar-refractivity contribution in [2.24, 2.45) is 0 Å². The number of nitrogens with zero attached hydrogens (tertiary/aromatic N) is 1. The van der Waals surface area contributed by atoms with Crippen LogP contribution in [0.25, 0.3) is 0 Å². The second kappa shape index (κ2) is 6.10. The number of hydrogen-bond donors (Lipinski definition) is 2. The van der Waals surface area contributed by atoms with Crippen LogP contribution in [0.3, 0.4) is 0 Å². The van der Waals surface area contributed by atoms with Gasteiger partial charge in [0, 0.05) is 28.0 Å². The van der Waals surface area contributed by atoms with Crippen molar-refractivity contribution in [3.8, 4) is 0 Å². The molecule has 0 saturated heterocycles. The van der Waals surface area contributed by atoms with Crippen LogP contribution < -0.4 is 10.5 Å². The van der Waals surface area contributed by atoms with Crippen LogP contribution in [0, 0.1) is 10.1 Å². The summed E-state index contributed by atoms with van der Waals surface area (Å²) in [5.41, 5.74) is 5.17. The van der Waals surface area contributed by atoms with E-state index in [0.717, 1.165) is 27.5 Å². The first-order valence-corrected chi connectivity index (χ1v) is 8.72. The van der Waals surface area contributed by atoms with E-state index in [9.17, 15) is 18.5 Å². The largest absolute Gasteiger partial charge is 0.397 e. The van der Waals surface area contributed by atoms with Gasteiger partial charge in [-0.25, -0.2) is 13.1 Å². The topological polar surface area (TPSA) is 115 Å². The monoisotopic (exact) mass is 391 g/mol. The summed E-state index contributed by atoms with van der Waals surface area (Å²) in [6.45, 7) is 0.108. The Labute approximate surface area is 133 Å². The van der Waals surface area contributed by atoms with Crippen molar-refractivity contribution in [2.75, 3.05) is 5.73 Å². The number of benzene rings is 1. The number of nitro groups is 1. The predicted octanol–water partition coefficient (Wildman–Crippen LogP) is 2.48.